The molecule has 1 rings (SSSR count). The summed E-state index contributed by atoms with van der Waals surface area (Å²) in [6, 6.07) is 6.98. The Kier molecular flexibility index (Phi) is 7.01. The number of halogens is 1. The van der Waals surface area contributed by atoms with Crippen molar-refractivity contribution in [3.8, 4) is 0 Å². The number of nitrogens with one attached hydrogen (secondary N) is 2. The Hall–Kier alpha value is -0.0700. The number of hydrogen-bond donors (Lipinski definition) is 3. The zero-order chi connectivity index (χ0) is 15.2. The van der Waals surface area contributed by atoms with Crippen LogP contribution in [0.15, 0.2) is 24.3 Å². The van der Waals surface area contributed by atoms with E-state index in [2.05, 4.69) is 23.1 Å². The Bertz CT molecular complexity index is 464. The third-order valence-electron chi connectivity index (χ3n) is 2.85. The fourth-order valence-electron chi connectivity index (χ4n) is 1.82. The SMILES string of the molecule is CCOP(=O)(OCC)[C@@](C)(NNS)c1ccc(Cl)cc1. The molecule has 0 aliphatic carbocycles. The van der Waals surface area contributed by atoms with Gasteiger partial charge in [0.1, 0.15) is 0 Å². The average molecular weight is 339 g/mol. The van der Waals surface area contributed by atoms with Gasteiger partial charge in [-0.05, 0) is 38.5 Å². The first-order chi connectivity index (χ1) is 9.43. The number of benzene rings is 1. The smallest absolute Gasteiger partial charge is 0.307 e. The minimum absolute atomic E-state index is 0.273. The molecule has 114 valence electrons. The van der Waals surface area contributed by atoms with Crippen LogP contribution in [0.1, 0.15) is 26.3 Å². The highest BCUT2D eigenvalue weighted by atomic mass is 35.5. The van der Waals surface area contributed by atoms with E-state index >= 15 is 0 Å². The lowest BCUT2D eigenvalue weighted by Gasteiger charge is -2.36. The van der Waals surface area contributed by atoms with E-state index in [1.165, 1.54) is 0 Å². The van der Waals surface area contributed by atoms with E-state index in [1.807, 2.05) is 0 Å². The van der Waals surface area contributed by atoms with Crippen LogP contribution in [0.25, 0.3) is 0 Å². The molecule has 1 atom stereocenters. The van der Waals surface area contributed by atoms with Crippen molar-refractivity contribution >= 4 is 32.0 Å². The van der Waals surface area contributed by atoms with Crippen LogP contribution < -0.4 is 10.3 Å². The molecule has 8 heteroatoms. The minimum atomic E-state index is -3.46. The Labute approximate surface area is 130 Å². The van der Waals surface area contributed by atoms with Gasteiger partial charge >= 0.3 is 7.60 Å². The van der Waals surface area contributed by atoms with Crippen LogP contribution >= 0.6 is 32.0 Å². The molecule has 1 aromatic rings. The molecule has 0 aliphatic rings. The molecule has 0 aliphatic heterocycles. The number of hydrogen-bond acceptors (Lipinski definition) is 6. The van der Waals surface area contributed by atoms with E-state index in [4.69, 9.17) is 20.6 Å². The summed E-state index contributed by atoms with van der Waals surface area (Å²) in [6.07, 6.45) is 0. The highest BCUT2D eigenvalue weighted by molar-refractivity contribution is 7.78. The Morgan fingerprint density at radius 1 is 1.25 bits per heavy atom. The average Bonchev–Trinajstić information content (AvgIpc) is 2.40. The summed E-state index contributed by atoms with van der Waals surface area (Å²) in [6.45, 7) is 5.80. The summed E-state index contributed by atoms with van der Waals surface area (Å²) in [7, 11) is -3.46. The molecule has 0 bridgehead atoms. The van der Waals surface area contributed by atoms with Gasteiger partial charge in [-0.25, -0.2) is 10.3 Å². The normalized spacial score (nSPS) is 15.1. The van der Waals surface area contributed by atoms with Crippen molar-refractivity contribution in [3.63, 3.8) is 0 Å². The Morgan fingerprint density at radius 2 is 1.75 bits per heavy atom. The van der Waals surface area contributed by atoms with Crippen molar-refractivity contribution in [1.82, 2.24) is 10.3 Å². The van der Waals surface area contributed by atoms with Gasteiger partial charge in [-0.2, -0.15) is 0 Å². The van der Waals surface area contributed by atoms with Gasteiger partial charge in [0.2, 0.25) is 0 Å². The number of thiol groups is 1. The molecular formula is C12H20ClN2O3PS. The summed E-state index contributed by atoms with van der Waals surface area (Å²) < 4.78 is 24.0. The predicted octanol–water partition coefficient (Wildman–Crippen LogP) is 3.72. The van der Waals surface area contributed by atoms with Gasteiger partial charge < -0.3 is 9.05 Å². The van der Waals surface area contributed by atoms with E-state index in [0.717, 1.165) is 0 Å². The summed E-state index contributed by atoms with van der Waals surface area (Å²) in [5, 5.41) is -0.497. The fourth-order valence-corrected chi connectivity index (χ4v) is 4.18. The van der Waals surface area contributed by atoms with Crippen molar-refractivity contribution in [2.45, 2.75) is 26.1 Å². The largest absolute Gasteiger partial charge is 0.356 e. The molecule has 1 aromatic carbocycles. The molecule has 0 spiro atoms. The van der Waals surface area contributed by atoms with Crippen molar-refractivity contribution in [3.05, 3.63) is 34.9 Å². The summed E-state index contributed by atoms with van der Waals surface area (Å²) >= 11 is 9.83. The van der Waals surface area contributed by atoms with Gasteiger partial charge in [-0.15, -0.1) is 0 Å². The summed E-state index contributed by atoms with van der Waals surface area (Å²) in [5.41, 5.74) is 3.58. The molecule has 0 radical (unpaired) electrons. The lowest BCUT2D eigenvalue weighted by molar-refractivity contribution is 0.188. The zero-order valence-corrected chi connectivity index (χ0v) is 14.3. The monoisotopic (exact) mass is 338 g/mol. The van der Waals surface area contributed by atoms with E-state index in [0.29, 0.717) is 10.6 Å². The van der Waals surface area contributed by atoms with Crippen LogP contribution in [0, 0.1) is 0 Å². The maximum absolute atomic E-state index is 13.1. The highest BCUT2D eigenvalue weighted by Gasteiger charge is 2.48. The standard InChI is InChI=1S/C12H20ClN2O3PS/c1-4-17-19(16,18-5-2)12(3,14-15-20)10-6-8-11(13)9-7-10/h6-9,14-15,20H,4-5H2,1-3H3/t12-/m1/s1. The number of hydrazine groups is 1. The predicted molar refractivity (Wildman–Crippen MR) is 84.9 cm³/mol. The summed E-state index contributed by atoms with van der Waals surface area (Å²) in [5.74, 6) is 0. The molecule has 20 heavy (non-hydrogen) atoms. The van der Waals surface area contributed by atoms with Gasteiger partial charge in [0, 0.05) is 5.02 Å². The topological polar surface area (TPSA) is 59.6 Å². The molecule has 0 fully saturated rings. The molecule has 0 saturated heterocycles. The van der Waals surface area contributed by atoms with Crippen molar-refractivity contribution < 1.29 is 13.6 Å². The maximum Gasteiger partial charge on any atom is 0.356 e. The lowest BCUT2D eigenvalue weighted by Crippen LogP contribution is -2.45. The third-order valence-corrected chi connectivity index (χ3v) is 5.88. The van der Waals surface area contributed by atoms with Gasteiger partial charge in [-0.3, -0.25) is 4.57 Å². The Balaban J connectivity index is 3.30. The molecule has 0 heterocycles. The lowest BCUT2D eigenvalue weighted by atomic mass is 10.1. The molecule has 2 N–H and O–H groups in total. The summed E-state index contributed by atoms with van der Waals surface area (Å²) in [4.78, 5) is 2.52. The quantitative estimate of drug-likeness (QED) is 0.383. The minimum Gasteiger partial charge on any atom is -0.307 e. The first-order valence-electron chi connectivity index (χ1n) is 6.25. The molecule has 5 nitrogen and oxygen atoms in total. The van der Waals surface area contributed by atoms with Crippen molar-refractivity contribution in [2.24, 2.45) is 0 Å². The van der Waals surface area contributed by atoms with Crippen LogP contribution in [0.5, 0.6) is 0 Å². The molecule has 0 aromatic heterocycles. The first kappa shape index (κ1) is 18.0. The fraction of sp³-hybridized carbons (Fsp3) is 0.500. The van der Waals surface area contributed by atoms with Crippen LogP contribution in [0.3, 0.4) is 0 Å². The zero-order valence-electron chi connectivity index (χ0n) is 11.7. The van der Waals surface area contributed by atoms with Crippen molar-refractivity contribution in [2.75, 3.05) is 13.2 Å². The van der Waals surface area contributed by atoms with Crippen LogP contribution in [-0.2, 0) is 18.9 Å². The van der Waals surface area contributed by atoms with Gasteiger partial charge in [0.05, 0.1) is 13.2 Å². The maximum atomic E-state index is 13.1. The van der Waals surface area contributed by atoms with Crippen LogP contribution in [-0.4, -0.2) is 13.2 Å². The third kappa shape index (κ3) is 3.77. The molecular weight excluding hydrogens is 319 g/mol. The van der Waals surface area contributed by atoms with Crippen molar-refractivity contribution in [1.29, 1.82) is 0 Å². The Morgan fingerprint density at radius 3 is 2.15 bits per heavy atom. The van der Waals surface area contributed by atoms with E-state index in [1.54, 1.807) is 45.0 Å². The van der Waals surface area contributed by atoms with Gasteiger partial charge in [-0.1, -0.05) is 36.5 Å². The van der Waals surface area contributed by atoms with E-state index in [9.17, 15) is 4.57 Å². The van der Waals surface area contributed by atoms with Gasteiger partial charge in [0.25, 0.3) is 0 Å². The second-order valence-corrected chi connectivity index (χ2v) is 7.21. The van der Waals surface area contributed by atoms with Gasteiger partial charge in [0.15, 0.2) is 5.28 Å². The highest BCUT2D eigenvalue weighted by Crippen LogP contribution is 2.63. The van der Waals surface area contributed by atoms with E-state index in [-0.39, 0.29) is 13.2 Å². The van der Waals surface area contributed by atoms with Crippen LogP contribution in [0.4, 0.5) is 0 Å². The molecule has 0 unspecified atom stereocenters. The second-order valence-electron chi connectivity index (χ2n) is 4.15. The number of rotatable bonds is 8. The van der Waals surface area contributed by atoms with E-state index < -0.39 is 12.9 Å². The molecule has 0 amide bonds. The molecule has 0 saturated carbocycles. The van der Waals surface area contributed by atoms with Crippen LogP contribution in [0.2, 0.25) is 5.02 Å². The first-order valence-corrected chi connectivity index (χ1v) is 8.61. The second kappa shape index (κ2) is 7.80.